The lowest BCUT2D eigenvalue weighted by molar-refractivity contribution is 0.0419. The molecule has 8 heteroatoms. The maximum absolute atomic E-state index is 5.65. The minimum atomic E-state index is 0.258. The van der Waals surface area contributed by atoms with E-state index in [0.717, 1.165) is 25.9 Å². The zero-order chi connectivity index (χ0) is 14.4. The SMILES string of the molecule is COc1nc(OC)nc(N2CCC(OCCN)CC2)n1. The van der Waals surface area contributed by atoms with Crippen LogP contribution < -0.4 is 20.1 Å². The van der Waals surface area contributed by atoms with Gasteiger partial charge >= 0.3 is 12.0 Å². The number of nitrogens with two attached hydrogens (primary N) is 1. The monoisotopic (exact) mass is 283 g/mol. The first-order valence-electron chi connectivity index (χ1n) is 6.67. The molecule has 2 rings (SSSR count). The Hall–Kier alpha value is -1.67. The molecular formula is C12H21N5O3. The van der Waals surface area contributed by atoms with Crippen LogP contribution in [0.2, 0.25) is 0 Å². The second-order valence-corrected chi connectivity index (χ2v) is 4.45. The van der Waals surface area contributed by atoms with E-state index in [2.05, 4.69) is 19.9 Å². The summed E-state index contributed by atoms with van der Waals surface area (Å²) in [5.74, 6) is 0.575. The summed E-state index contributed by atoms with van der Waals surface area (Å²) in [5.41, 5.74) is 5.44. The molecule has 0 atom stereocenters. The van der Waals surface area contributed by atoms with Crippen LogP contribution in [0.1, 0.15) is 12.8 Å². The molecule has 0 aromatic carbocycles. The topological polar surface area (TPSA) is 95.6 Å². The number of anilines is 1. The minimum Gasteiger partial charge on any atom is -0.467 e. The van der Waals surface area contributed by atoms with Gasteiger partial charge in [-0.15, -0.1) is 4.98 Å². The summed E-state index contributed by atoms with van der Waals surface area (Å²) in [5, 5.41) is 0. The second-order valence-electron chi connectivity index (χ2n) is 4.45. The molecule has 0 unspecified atom stereocenters. The summed E-state index contributed by atoms with van der Waals surface area (Å²) in [7, 11) is 3.04. The highest BCUT2D eigenvalue weighted by Gasteiger charge is 2.22. The van der Waals surface area contributed by atoms with Crippen LogP contribution in [0.4, 0.5) is 5.95 Å². The molecule has 2 heterocycles. The van der Waals surface area contributed by atoms with Gasteiger partial charge < -0.3 is 24.8 Å². The standard InChI is InChI=1S/C12H21N5O3/c1-18-11-14-10(15-12(16-11)19-2)17-6-3-9(4-7-17)20-8-5-13/h9H,3-8,13H2,1-2H3. The van der Waals surface area contributed by atoms with Crippen molar-refractivity contribution in [3.8, 4) is 12.0 Å². The highest BCUT2D eigenvalue weighted by Crippen LogP contribution is 2.21. The number of aromatic nitrogens is 3. The smallest absolute Gasteiger partial charge is 0.324 e. The number of ether oxygens (including phenoxy) is 3. The number of hydrogen-bond donors (Lipinski definition) is 1. The fraction of sp³-hybridized carbons (Fsp3) is 0.750. The Balaban J connectivity index is 1.99. The number of methoxy groups -OCH3 is 2. The highest BCUT2D eigenvalue weighted by molar-refractivity contribution is 5.32. The molecule has 20 heavy (non-hydrogen) atoms. The van der Waals surface area contributed by atoms with Gasteiger partial charge in [0.15, 0.2) is 0 Å². The zero-order valence-corrected chi connectivity index (χ0v) is 11.9. The van der Waals surface area contributed by atoms with Crippen LogP contribution in [0.3, 0.4) is 0 Å². The first-order valence-corrected chi connectivity index (χ1v) is 6.67. The Morgan fingerprint density at radius 3 is 2.20 bits per heavy atom. The molecule has 0 saturated carbocycles. The molecule has 0 amide bonds. The van der Waals surface area contributed by atoms with Gasteiger partial charge in [0, 0.05) is 19.6 Å². The molecule has 1 aromatic heterocycles. The molecule has 1 aliphatic rings. The van der Waals surface area contributed by atoms with Gasteiger partial charge in [-0.05, 0) is 12.8 Å². The third kappa shape index (κ3) is 3.67. The zero-order valence-electron chi connectivity index (χ0n) is 11.9. The Bertz CT molecular complexity index is 401. The molecule has 0 aliphatic carbocycles. The van der Waals surface area contributed by atoms with Crippen molar-refractivity contribution in [2.45, 2.75) is 18.9 Å². The predicted octanol–water partition coefficient (Wildman–Crippen LogP) is -0.167. The van der Waals surface area contributed by atoms with E-state index < -0.39 is 0 Å². The van der Waals surface area contributed by atoms with E-state index in [4.69, 9.17) is 19.9 Å². The van der Waals surface area contributed by atoms with Crippen molar-refractivity contribution in [3.05, 3.63) is 0 Å². The van der Waals surface area contributed by atoms with E-state index in [1.165, 1.54) is 14.2 Å². The molecule has 1 fully saturated rings. The average molecular weight is 283 g/mol. The highest BCUT2D eigenvalue weighted by atomic mass is 16.5. The van der Waals surface area contributed by atoms with E-state index in [1.807, 2.05) is 0 Å². The van der Waals surface area contributed by atoms with Crippen molar-refractivity contribution < 1.29 is 14.2 Å². The number of rotatable bonds is 6. The Morgan fingerprint density at radius 2 is 1.70 bits per heavy atom. The maximum Gasteiger partial charge on any atom is 0.324 e. The molecular weight excluding hydrogens is 262 g/mol. The predicted molar refractivity (Wildman–Crippen MR) is 73.2 cm³/mol. The van der Waals surface area contributed by atoms with Crippen molar-refractivity contribution in [3.63, 3.8) is 0 Å². The first-order chi connectivity index (χ1) is 9.76. The maximum atomic E-state index is 5.65. The largest absolute Gasteiger partial charge is 0.467 e. The quantitative estimate of drug-likeness (QED) is 0.769. The fourth-order valence-electron chi connectivity index (χ4n) is 2.11. The molecule has 1 aromatic rings. The van der Waals surface area contributed by atoms with Crippen LogP contribution in [0.15, 0.2) is 0 Å². The van der Waals surface area contributed by atoms with Crippen LogP contribution in [0.25, 0.3) is 0 Å². The van der Waals surface area contributed by atoms with Gasteiger partial charge in [0.25, 0.3) is 0 Å². The summed E-state index contributed by atoms with van der Waals surface area (Å²) in [6.45, 7) is 2.82. The van der Waals surface area contributed by atoms with E-state index in [0.29, 0.717) is 19.1 Å². The van der Waals surface area contributed by atoms with Crippen LogP contribution in [-0.2, 0) is 4.74 Å². The van der Waals surface area contributed by atoms with Gasteiger partial charge in [-0.2, -0.15) is 9.97 Å². The third-order valence-corrected chi connectivity index (χ3v) is 3.14. The fourth-order valence-corrected chi connectivity index (χ4v) is 2.11. The van der Waals surface area contributed by atoms with Gasteiger partial charge in [-0.1, -0.05) is 0 Å². The van der Waals surface area contributed by atoms with Gasteiger partial charge in [-0.3, -0.25) is 0 Å². The Morgan fingerprint density at radius 1 is 1.10 bits per heavy atom. The number of hydrogen-bond acceptors (Lipinski definition) is 8. The second kappa shape index (κ2) is 7.20. The van der Waals surface area contributed by atoms with E-state index in [9.17, 15) is 0 Å². The van der Waals surface area contributed by atoms with Crippen LogP contribution in [-0.4, -0.2) is 61.5 Å². The average Bonchev–Trinajstić information content (AvgIpc) is 2.52. The van der Waals surface area contributed by atoms with Crippen molar-refractivity contribution >= 4 is 5.95 Å². The molecule has 1 saturated heterocycles. The molecule has 0 spiro atoms. The van der Waals surface area contributed by atoms with Crippen molar-refractivity contribution in [1.29, 1.82) is 0 Å². The van der Waals surface area contributed by atoms with Crippen LogP contribution in [0, 0.1) is 0 Å². The summed E-state index contributed by atoms with van der Waals surface area (Å²) < 4.78 is 15.8. The third-order valence-electron chi connectivity index (χ3n) is 3.14. The lowest BCUT2D eigenvalue weighted by atomic mass is 10.1. The van der Waals surface area contributed by atoms with E-state index in [1.54, 1.807) is 0 Å². The van der Waals surface area contributed by atoms with Crippen molar-refractivity contribution in [2.24, 2.45) is 5.73 Å². The van der Waals surface area contributed by atoms with Gasteiger partial charge in [0.2, 0.25) is 5.95 Å². The molecule has 8 nitrogen and oxygen atoms in total. The number of piperidine rings is 1. The summed E-state index contributed by atoms with van der Waals surface area (Å²) in [6.07, 6.45) is 2.12. The molecule has 0 radical (unpaired) electrons. The van der Waals surface area contributed by atoms with E-state index in [-0.39, 0.29) is 18.1 Å². The lowest BCUT2D eigenvalue weighted by Gasteiger charge is -2.31. The van der Waals surface area contributed by atoms with Crippen LogP contribution >= 0.6 is 0 Å². The minimum absolute atomic E-state index is 0.258. The summed E-state index contributed by atoms with van der Waals surface area (Å²) in [4.78, 5) is 14.6. The molecule has 112 valence electrons. The Kier molecular flexibility index (Phi) is 5.31. The molecule has 2 N–H and O–H groups in total. The van der Waals surface area contributed by atoms with E-state index >= 15 is 0 Å². The summed E-state index contributed by atoms with van der Waals surface area (Å²) in [6, 6.07) is 0.515. The normalized spacial score (nSPS) is 16.2. The van der Waals surface area contributed by atoms with Gasteiger partial charge in [0.05, 0.1) is 26.9 Å². The van der Waals surface area contributed by atoms with Crippen molar-refractivity contribution in [1.82, 2.24) is 15.0 Å². The molecule has 1 aliphatic heterocycles. The lowest BCUT2D eigenvalue weighted by Crippen LogP contribution is -2.38. The molecule has 0 bridgehead atoms. The van der Waals surface area contributed by atoms with Crippen molar-refractivity contribution in [2.75, 3.05) is 45.4 Å². The summed E-state index contributed by atoms with van der Waals surface area (Å²) >= 11 is 0. The first kappa shape index (κ1) is 14.7. The Labute approximate surface area is 118 Å². The van der Waals surface area contributed by atoms with Crippen LogP contribution in [0.5, 0.6) is 12.0 Å². The van der Waals surface area contributed by atoms with Gasteiger partial charge in [0.1, 0.15) is 0 Å². The van der Waals surface area contributed by atoms with Gasteiger partial charge in [-0.25, -0.2) is 0 Å². The number of nitrogens with zero attached hydrogens (tertiary/aromatic N) is 4.